The fourth-order valence-electron chi connectivity index (χ4n) is 0.982. The van der Waals surface area contributed by atoms with Gasteiger partial charge in [0.2, 0.25) is 0 Å². The van der Waals surface area contributed by atoms with Gasteiger partial charge < -0.3 is 4.74 Å². The molecule has 0 aliphatic heterocycles. The van der Waals surface area contributed by atoms with E-state index in [-0.39, 0.29) is 6.10 Å². The highest BCUT2D eigenvalue weighted by molar-refractivity contribution is 5.26. The average Bonchev–Trinajstić information content (AvgIpc) is 2.17. The van der Waals surface area contributed by atoms with Crippen LogP contribution >= 0.6 is 0 Å². The molecule has 1 atom stereocenters. The summed E-state index contributed by atoms with van der Waals surface area (Å²) < 4.78 is 5.41. The number of aryl methyl sites for hydroxylation is 1. The summed E-state index contributed by atoms with van der Waals surface area (Å²) >= 11 is 0. The highest BCUT2D eigenvalue weighted by Gasteiger charge is 2.04. The van der Waals surface area contributed by atoms with Crippen molar-refractivity contribution in [1.29, 1.82) is 5.26 Å². The van der Waals surface area contributed by atoms with Gasteiger partial charge in [0.05, 0.1) is 0 Å². The van der Waals surface area contributed by atoms with E-state index in [4.69, 9.17) is 10.00 Å². The quantitative estimate of drug-likeness (QED) is 0.707. The summed E-state index contributed by atoms with van der Waals surface area (Å²) in [6.45, 7) is 3.95. The molecule has 0 bridgehead atoms. The van der Waals surface area contributed by atoms with Crippen LogP contribution in [-0.4, -0.2) is 6.10 Å². The van der Waals surface area contributed by atoms with Gasteiger partial charge in [-0.15, -0.1) is 0 Å². The molecule has 13 heavy (non-hydrogen) atoms. The molecular formula is C11H13NO. The minimum atomic E-state index is -0.331. The lowest BCUT2D eigenvalue weighted by atomic mass is 10.2. The number of benzene rings is 1. The summed E-state index contributed by atoms with van der Waals surface area (Å²) in [4.78, 5) is 0. The van der Waals surface area contributed by atoms with Crippen molar-refractivity contribution in [3.05, 3.63) is 29.8 Å². The second kappa shape index (κ2) is 4.51. The van der Waals surface area contributed by atoms with E-state index in [0.717, 1.165) is 5.75 Å². The molecule has 0 aliphatic rings. The largest absolute Gasteiger partial charge is 0.476 e. The van der Waals surface area contributed by atoms with Gasteiger partial charge in [0.1, 0.15) is 11.8 Å². The first-order chi connectivity index (χ1) is 6.26. The molecule has 2 nitrogen and oxygen atoms in total. The fraction of sp³-hybridized carbons (Fsp3) is 0.364. The summed E-state index contributed by atoms with van der Waals surface area (Å²) in [6.07, 6.45) is 0.382. The SMILES string of the molecule is CCC(C#N)Oc1ccc(C)cc1. The van der Waals surface area contributed by atoms with Gasteiger partial charge in [0.25, 0.3) is 0 Å². The van der Waals surface area contributed by atoms with E-state index in [2.05, 4.69) is 6.07 Å². The van der Waals surface area contributed by atoms with Crippen molar-refractivity contribution < 1.29 is 4.74 Å². The molecule has 0 aliphatic carbocycles. The van der Waals surface area contributed by atoms with Gasteiger partial charge in [-0.05, 0) is 25.5 Å². The molecule has 1 aromatic rings. The molecule has 1 rings (SSSR count). The van der Waals surface area contributed by atoms with Gasteiger partial charge in [-0.25, -0.2) is 0 Å². The zero-order valence-corrected chi connectivity index (χ0v) is 7.95. The maximum Gasteiger partial charge on any atom is 0.184 e. The zero-order valence-electron chi connectivity index (χ0n) is 7.95. The van der Waals surface area contributed by atoms with Crippen LogP contribution in [0, 0.1) is 18.3 Å². The zero-order chi connectivity index (χ0) is 9.68. The molecular weight excluding hydrogens is 162 g/mol. The van der Waals surface area contributed by atoms with E-state index in [1.54, 1.807) is 0 Å². The second-order valence-electron chi connectivity index (χ2n) is 2.96. The van der Waals surface area contributed by atoms with Gasteiger partial charge in [0, 0.05) is 0 Å². The first-order valence-electron chi connectivity index (χ1n) is 4.39. The third kappa shape index (κ3) is 2.79. The minimum Gasteiger partial charge on any atom is -0.476 e. The Bertz CT molecular complexity index is 297. The summed E-state index contributed by atoms with van der Waals surface area (Å²) in [5.74, 6) is 0.763. The topological polar surface area (TPSA) is 33.0 Å². The van der Waals surface area contributed by atoms with E-state index in [1.165, 1.54) is 5.56 Å². The Labute approximate surface area is 78.8 Å². The molecule has 0 heterocycles. The van der Waals surface area contributed by atoms with Crippen molar-refractivity contribution in [1.82, 2.24) is 0 Å². The van der Waals surface area contributed by atoms with Gasteiger partial charge >= 0.3 is 0 Å². The summed E-state index contributed by atoms with van der Waals surface area (Å²) in [5, 5.41) is 8.67. The molecule has 68 valence electrons. The minimum absolute atomic E-state index is 0.331. The summed E-state index contributed by atoms with van der Waals surface area (Å²) in [6, 6.07) is 9.80. The monoisotopic (exact) mass is 175 g/mol. The Kier molecular flexibility index (Phi) is 3.33. The van der Waals surface area contributed by atoms with Gasteiger partial charge in [0.15, 0.2) is 6.10 Å². The van der Waals surface area contributed by atoms with Gasteiger partial charge in [-0.1, -0.05) is 24.6 Å². The number of ether oxygens (including phenoxy) is 1. The van der Waals surface area contributed by atoms with Crippen LogP contribution in [0.5, 0.6) is 5.75 Å². The van der Waals surface area contributed by atoms with Crippen molar-refractivity contribution in [2.45, 2.75) is 26.4 Å². The number of nitrogens with zero attached hydrogens (tertiary/aromatic N) is 1. The lowest BCUT2D eigenvalue weighted by Gasteiger charge is -2.09. The third-order valence-electron chi connectivity index (χ3n) is 1.81. The maximum atomic E-state index is 8.67. The predicted molar refractivity (Wildman–Crippen MR) is 51.5 cm³/mol. The third-order valence-corrected chi connectivity index (χ3v) is 1.81. The smallest absolute Gasteiger partial charge is 0.184 e. The molecule has 2 heteroatoms. The molecule has 0 radical (unpaired) electrons. The van der Waals surface area contributed by atoms with E-state index in [0.29, 0.717) is 6.42 Å². The number of nitriles is 1. The number of hydrogen-bond acceptors (Lipinski definition) is 2. The first kappa shape index (κ1) is 9.60. The molecule has 0 N–H and O–H groups in total. The van der Waals surface area contributed by atoms with Crippen LogP contribution in [0.2, 0.25) is 0 Å². The number of hydrogen-bond donors (Lipinski definition) is 0. The molecule has 0 fully saturated rings. The molecule has 1 aromatic carbocycles. The number of rotatable bonds is 3. The summed E-state index contributed by atoms with van der Waals surface area (Å²) in [7, 11) is 0. The molecule has 0 aromatic heterocycles. The lowest BCUT2D eigenvalue weighted by molar-refractivity contribution is 0.252. The molecule has 1 unspecified atom stereocenters. The Morgan fingerprint density at radius 3 is 2.46 bits per heavy atom. The van der Waals surface area contributed by atoms with Crippen LogP contribution in [0.25, 0.3) is 0 Å². The maximum absolute atomic E-state index is 8.67. The highest BCUT2D eigenvalue weighted by Crippen LogP contribution is 2.13. The first-order valence-corrected chi connectivity index (χ1v) is 4.39. The molecule has 0 saturated carbocycles. The van der Waals surface area contributed by atoms with Crippen molar-refractivity contribution >= 4 is 0 Å². The van der Waals surface area contributed by atoms with Crippen molar-refractivity contribution in [2.75, 3.05) is 0 Å². The lowest BCUT2D eigenvalue weighted by Crippen LogP contribution is -2.11. The normalized spacial score (nSPS) is 11.8. The Hall–Kier alpha value is -1.49. The van der Waals surface area contributed by atoms with Gasteiger partial charge in [-0.2, -0.15) is 5.26 Å². The molecule has 0 saturated heterocycles. The standard InChI is InChI=1S/C11H13NO/c1-3-10(8-12)13-11-6-4-9(2)5-7-11/h4-7,10H,3H2,1-2H3. The average molecular weight is 175 g/mol. The van der Waals surface area contributed by atoms with Crippen LogP contribution in [0.4, 0.5) is 0 Å². The second-order valence-corrected chi connectivity index (χ2v) is 2.96. The van der Waals surface area contributed by atoms with E-state index >= 15 is 0 Å². The summed E-state index contributed by atoms with van der Waals surface area (Å²) in [5.41, 5.74) is 1.19. The van der Waals surface area contributed by atoms with Crippen LogP contribution < -0.4 is 4.74 Å². The van der Waals surface area contributed by atoms with Crippen LogP contribution in [0.1, 0.15) is 18.9 Å². The Morgan fingerprint density at radius 2 is 2.00 bits per heavy atom. The fourth-order valence-corrected chi connectivity index (χ4v) is 0.982. The molecule has 0 spiro atoms. The van der Waals surface area contributed by atoms with Crippen LogP contribution in [0.15, 0.2) is 24.3 Å². The predicted octanol–water partition coefficient (Wildman–Crippen LogP) is 2.68. The van der Waals surface area contributed by atoms with Crippen LogP contribution in [-0.2, 0) is 0 Å². The highest BCUT2D eigenvalue weighted by atomic mass is 16.5. The van der Waals surface area contributed by atoms with Crippen molar-refractivity contribution in [3.8, 4) is 11.8 Å². The van der Waals surface area contributed by atoms with Crippen molar-refractivity contribution in [2.24, 2.45) is 0 Å². The Morgan fingerprint density at radius 1 is 1.38 bits per heavy atom. The van der Waals surface area contributed by atoms with Gasteiger partial charge in [-0.3, -0.25) is 0 Å². The Balaban J connectivity index is 2.64. The van der Waals surface area contributed by atoms with E-state index < -0.39 is 0 Å². The van der Waals surface area contributed by atoms with E-state index in [9.17, 15) is 0 Å². The van der Waals surface area contributed by atoms with Crippen LogP contribution in [0.3, 0.4) is 0 Å². The van der Waals surface area contributed by atoms with E-state index in [1.807, 2.05) is 38.1 Å². The molecule has 0 amide bonds. The van der Waals surface area contributed by atoms with Crippen molar-refractivity contribution in [3.63, 3.8) is 0 Å².